The summed E-state index contributed by atoms with van der Waals surface area (Å²) in [4.78, 5) is 17.4. The number of ether oxygens (including phenoxy) is 1. The number of fused-ring (bicyclic) bond motifs is 2. The van der Waals surface area contributed by atoms with Gasteiger partial charge in [0.15, 0.2) is 0 Å². The molecule has 0 saturated heterocycles. The number of carbonyl (C=O) groups is 1. The van der Waals surface area contributed by atoms with Gasteiger partial charge in [-0.1, -0.05) is 0 Å². The van der Waals surface area contributed by atoms with Gasteiger partial charge in [0.2, 0.25) is 0 Å². The Kier molecular flexibility index (Phi) is 5.64. The van der Waals surface area contributed by atoms with E-state index >= 15 is 0 Å². The molecule has 0 saturated carbocycles. The number of carbonyl (C=O) groups excluding carboxylic acids is 1. The van der Waals surface area contributed by atoms with E-state index in [2.05, 4.69) is 13.9 Å². The Hall–Kier alpha value is -3.41. The van der Waals surface area contributed by atoms with E-state index in [4.69, 9.17) is 0 Å². The van der Waals surface area contributed by atoms with Gasteiger partial charge in [0.05, 0.1) is 18.2 Å². The van der Waals surface area contributed by atoms with E-state index in [1.165, 1.54) is 54.5 Å². The van der Waals surface area contributed by atoms with Crippen LogP contribution >= 0.6 is 0 Å². The Morgan fingerprint density at radius 1 is 1.09 bits per heavy atom. The van der Waals surface area contributed by atoms with E-state index in [0.29, 0.717) is 29.5 Å². The molecular formula is C21H16F4N2O5S. The van der Waals surface area contributed by atoms with E-state index in [-0.39, 0.29) is 23.3 Å². The Morgan fingerprint density at radius 3 is 2.55 bits per heavy atom. The lowest BCUT2D eigenvalue weighted by atomic mass is 10.0. The number of halogens is 4. The fourth-order valence-electron chi connectivity index (χ4n) is 3.61. The first-order valence-corrected chi connectivity index (χ1v) is 11.0. The van der Waals surface area contributed by atoms with Gasteiger partial charge >= 0.3 is 21.6 Å². The lowest BCUT2D eigenvalue weighted by molar-refractivity contribution is -0.0501. The van der Waals surface area contributed by atoms with Crippen molar-refractivity contribution in [2.75, 3.05) is 18.6 Å². The van der Waals surface area contributed by atoms with Gasteiger partial charge in [0.25, 0.3) is 5.88 Å². The van der Waals surface area contributed by atoms with Crippen LogP contribution in [-0.4, -0.2) is 38.5 Å². The number of alkyl halides is 3. The van der Waals surface area contributed by atoms with E-state index < -0.39 is 33.3 Å². The molecule has 0 amide bonds. The van der Waals surface area contributed by atoms with Crippen LogP contribution in [-0.2, 0) is 21.3 Å². The standard InChI is InChI=1S/C21H16F4N2O5S/c1-31-20(28)13-4-6-16-14(9-13)11-18(19(26-16)32-33(29,30)21(23,24)25)27-8-2-3-12-10-15(22)5-7-17(12)27/h4-7,9-11H,2-3,8H2,1H3. The van der Waals surface area contributed by atoms with Gasteiger partial charge in [-0.3, -0.25) is 0 Å². The van der Waals surface area contributed by atoms with Crippen LogP contribution in [0.15, 0.2) is 42.5 Å². The normalized spacial score (nSPS) is 14.2. The zero-order valence-electron chi connectivity index (χ0n) is 17.0. The minimum atomic E-state index is -6.01. The van der Waals surface area contributed by atoms with Gasteiger partial charge < -0.3 is 13.8 Å². The van der Waals surface area contributed by atoms with Crippen molar-refractivity contribution in [3.05, 3.63) is 59.4 Å². The molecule has 0 aliphatic carbocycles. The number of hydrogen-bond acceptors (Lipinski definition) is 7. The van der Waals surface area contributed by atoms with Crippen molar-refractivity contribution in [2.45, 2.75) is 18.3 Å². The van der Waals surface area contributed by atoms with Crippen molar-refractivity contribution in [3.63, 3.8) is 0 Å². The summed E-state index contributed by atoms with van der Waals surface area (Å²) in [6.07, 6.45) is 1.04. The van der Waals surface area contributed by atoms with Gasteiger partial charge in [0, 0.05) is 17.6 Å². The second-order valence-corrected chi connectivity index (χ2v) is 8.76. The van der Waals surface area contributed by atoms with Gasteiger partial charge in [-0.25, -0.2) is 14.2 Å². The summed E-state index contributed by atoms with van der Waals surface area (Å²) in [5.74, 6) is -1.91. The summed E-state index contributed by atoms with van der Waals surface area (Å²) in [7, 11) is -4.82. The fraction of sp³-hybridized carbons (Fsp3) is 0.238. The molecular weight excluding hydrogens is 468 g/mol. The highest BCUT2D eigenvalue weighted by Gasteiger charge is 2.49. The first kappa shape index (κ1) is 22.8. The van der Waals surface area contributed by atoms with E-state index in [9.17, 15) is 30.8 Å². The molecule has 1 aromatic heterocycles. The van der Waals surface area contributed by atoms with Crippen LogP contribution in [0.5, 0.6) is 5.88 Å². The molecule has 0 fully saturated rings. The molecule has 174 valence electrons. The maximum atomic E-state index is 13.7. The third-order valence-corrected chi connectivity index (χ3v) is 6.05. The predicted molar refractivity (Wildman–Crippen MR) is 110 cm³/mol. The van der Waals surface area contributed by atoms with E-state index in [1.54, 1.807) is 0 Å². The molecule has 4 rings (SSSR count). The SMILES string of the molecule is COC(=O)c1ccc2nc(OS(=O)(=O)C(F)(F)F)c(N3CCCc4cc(F)ccc43)cc2c1. The smallest absolute Gasteiger partial charge is 0.465 e. The van der Waals surface area contributed by atoms with Crippen LogP contribution in [0.3, 0.4) is 0 Å². The lowest BCUT2D eigenvalue weighted by Crippen LogP contribution is -2.30. The number of anilines is 2. The Balaban J connectivity index is 1.93. The molecule has 1 aliphatic rings. The van der Waals surface area contributed by atoms with Crippen LogP contribution in [0.25, 0.3) is 10.9 Å². The molecule has 2 aromatic carbocycles. The molecule has 0 spiro atoms. The number of aromatic nitrogens is 1. The van der Waals surface area contributed by atoms with E-state index in [1.807, 2.05) is 0 Å². The fourth-order valence-corrected chi connectivity index (χ4v) is 4.04. The summed E-state index contributed by atoms with van der Waals surface area (Å²) < 4.78 is 85.4. The van der Waals surface area contributed by atoms with Crippen LogP contribution in [0, 0.1) is 5.82 Å². The quantitative estimate of drug-likeness (QED) is 0.234. The van der Waals surface area contributed by atoms with Gasteiger partial charge in [0.1, 0.15) is 11.5 Å². The molecule has 1 aliphatic heterocycles. The highest BCUT2D eigenvalue weighted by atomic mass is 32.2. The molecule has 7 nitrogen and oxygen atoms in total. The molecule has 0 radical (unpaired) electrons. The molecule has 0 N–H and O–H groups in total. The molecule has 0 atom stereocenters. The zero-order valence-corrected chi connectivity index (χ0v) is 17.8. The van der Waals surface area contributed by atoms with Crippen LogP contribution < -0.4 is 9.08 Å². The van der Waals surface area contributed by atoms with Crippen LogP contribution in [0.1, 0.15) is 22.3 Å². The summed E-state index contributed by atoms with van der Waals surface area (Å²) in [6, 6.07) is 9.39. The van der Waals surface area contributed by atoms with Gasteiger partial charge in [-0.2, -0.15) is 21.6 Å². The highest BCUT2D eigenvalue weighted by Crippen LogP contribution is 2.41. The van der Waals surface area contributed by atoms with Crippen molar-refractivity contribution in [1.29, 1.82) is 0 Å². The molecule has 0 bridgehead atoms. The Morgan fingerprint density at radius 2 is 1.85 bits per heavy atom. The minimum absolute atomic E-state index is 0.0788. The number of pyridine rings is 1. The van der Waals surface area contributed by atoms with Crippen molar-refractivity contribution < 1.29 is 39.7 Å². The monoisotopic (exact) mass is 484 g/mol. The second kappa shape index (κ2) is 8.18. The molecule has 33 heavy (non-hydrogen) atoms. The summed E-state index contributed by atoms with van der Waals surface area (Å²) >= 11 is 0. The average molecular weight is 484 g/mol. The molecule has 12 heteroatoms. The topological polar surface area (TPSA) is 85.8 Å². The first-order valence-electron chi connectivity index (χ1n) is 9.60. The maximum Gasteiger partial charge on any atom is 0.534 e. The molecule has 2 heterocycles. The second-order valence-electron chi connectivity index (χ2n) is 7.22. The van der Waals surface area contributed by atoms with Crippen LogP contribution in [0.2, 0.25) is 0 Å². The van der Waals surface area contributed by atoms with E-state index in [0.717, 1.165) is 0 Å². The lowest BCUT2D eigenvalue weighted by Gasteiger charge is -2.32. The van der Waals surface area contributed by atoms with Gasteiger partial charge in [-0.05, 0) is 60.9 Å². The minimum Gasteiger partial charge on any atom is -0.465 e. The maximum absolute atomic E-state index is 13.7. The number of methoxy groups -OCH3 is 1. The number of aryl methyl sites for hydroxylation is 1. The third kappa shape index (κ3) is 4.30. The number of rotatable bonds is 4. The summed E-state index contributed by atoms with van der Waals surface area (Å²) in [5, 5.41) is 0.332. The summed E-state index contributed by atoms with van der Waals surface area (Å²) in [6.45, 7) is 0.283. The van der Waals surface area contributed by atoms with Crippen molar-refractivity contribution in [2.24, 2.45) is 0 Å². The highest BCUT2D eigenvalue weighted by molar-refractivity contribution is 7.88. The van der Waals surface area contributed by atoms with Crippen molar-refractivity contribution in [3.8, 4) is 5.88 Å². The van der Waals surface area contributed by atoms with Crippen molar-refractivity contribution in [1.82, 2.24) is 4.98 Å². The number of nitrogens with zero attached hydrogens (tertiary/aromatic N) is 2. The average Bonchev–Trinajstić information content (AvgIpc) is 2.76. The van der Waals surface area contributed by atoms with Crippen molar-refractivity contribution >= 4 is 38.4 Å². The van der Waals surface area contributed by atoms with Crippen LogP contribution in [0.4, 0.5) is 28.9 Å². The number of esters is 1. The third-order valence-electron chi connectivity index (χ3n) is 5.11. The largest absolute Gasteiger partial charge is 0.534 e. The van der Waals surface area contributed by atoms with Gasteiger partial charge in [-0.15, -0.1) is 0 Å². The first-order chi connectivity index (χ1) is 15.5. The Bertz CT molecular complexity index is 1360. The number of hydrogen-bond donors (Lipinski definition) is 0. The predicted octanol–water partition coefficient (Wildman–Crippen LogP) is 4.47. The summed E-state index contributed by atoms with van der Waals surface area (Å²) in [5.41, 5.74) is -4.43. The Labute approximate surface area is 185 Å². The zero-order chi connectivity index (χ0) is 24.0. The number of benzene rings is 2. The molecule has 0 unspecified atom stereocenters. The molecule has 3 aromatic rings.